The van der Waals surface area contributed by atoms with Crippen molar-refractivity contribution in [2.24, 2.45) is 0 Å². The molecule has 0 spiro atoms. The molecule has 4 heteroatoms. The first-order valence-corrected chi connectivity index (χ1v) is 5.35. The lowest BCUT2D eigenvalue weighted by atomic mass is 9.97. The molecule has 2 fully saturated rings. The van der Waals surface area contributed by atoms with E-state index in [1.165, 1.54) is 12.8 Å². The van der Waals surface area contributed by atoms with Gasteiger partial charge in [-0.3, -0.25) is 4.90 Å². The number of hydrogen-bond donors (Lipinski definition) is 1. The Morgan fingerprint density at radius 3 is 2.21 bits per heavy atom. The number of nitrogens with one attached hydrogen (secondary N) is 1. The molecule has 0 saturated carbocycles. The van der Waals surface area contributed by atoms with E-state index in [-0.39, 0.29) is 5.79 Å². The second kappa shape index (κ2) is 4.14. The van der Waals surface area contributed by atoms with Gasteiger partial charge in [0.05, 0.1) is 13.1 Å². The van der Waals surface area contributed by atoms with Crippen LogP contribution in [-0.2, 0) is 9.47 Å². The fourth-order valence-corrected chi connectivity index (χ4v) is 2.34. The van der Waals surface area contributed by atoms with Crippen LogP contribution in [0.5, 0.6) is 0 Å². The molecule has 2 aliphatic rings. The Hall–Kier alpha value is -0.160. The molecule has 4 nitrogen and oxygen atoms in total. The number of methoxy groups -OCH3 is 2. The van der Waals surface area contributed by atoms with E-state index < -0.39 is 0 Å². The van der Waals surface area contributed by atoms with Gasteiger partial charge in [-0.15, -0.1) is 0 Å². The van der Waals surface area contributed by atoms with E-state index in [4.69, 9.17) is 9.47 Å². The second-order valence-electron chi connectivity index (χ2n) is 4.21. The van der Waals surface area contributed by atoms with Gasteiger partial charge in [0.25, 0.3) is 0 Å². The Morgan fingerprint density at radius 1 is 1.14 bits per heavy atom. The zero-order chi connectivity index (χ0) is 10.0. The normalized spacial score (nSPS) is 28.7. The first kappa shape index (κ1) is 10.4. The fourth-order valence-electron chi connectivity index (χ4n) is 2.34. The van der Waals surface area contributed by atoms with Crippen LogP contribution in [0.1, 0.15) is 12.8 Å². The van der Waals surface area contributed by atoms with Crippen molar-refractivity contribution in [1.82, 2.24) is 10.2 Å². The smallest absolute Gasteiger partial charge is 0.193 e. The van der Waals surface area contributed by atoms with Crippen molar-refractivity contribution in [2.75, 3.05) is 40.4 Å². The quantitative estimate of drug-likeness (QED) is 0.652. The molecule has 0 bridgehead atoms. The van der Waals surface area contributed by atoms with Crippen LogP contribution in [0.3, 0.4) is 0 Å². The molecule has 0 atom stereocenters. The molecule has 0 aliphatic carbocycles. The highest BCUT2D eigenvalue weighted by Gasteiger charge is 2.46. The predicted molar refractivity (Wildman–Crippen MR) is 54.2 cm³/mol. The van der Waals surface area contributed by atoms with Crippen LogP contribution >= 0.6 is 0 Å². The van der Waals surface area contributed by atoms with Crippen LogP contribution in [0.4, 0.5) is 0 Å². The molecule has 1 N–H and O–H groups in total. The van der Waals surface area contributed by atoms with E-state index in [1.54, 1.807) is 14.2 Å². The average Bonchev–Trinajstić information content (AvgIpc) is 2.19. The lowest BCUT2D eigenvalue weighted by molar-refractivity contribution is -0.283. The molecular formula is C10H20N2O2. The van der Waals surface area contributed by atoms with Crippen LogP contribution < -0.4 is 5.32 Å². The third-order valence-corrected chi connectivity index (χ3v) is 3.46. The molecule has 2 saturated heterocycles. The summed E-state index contributed by atoms with van der Waals surface area (Å²) >= 11 is 0. The Kier molecular flexibility index (Phi) is 3.07. The Balaban J connectivity index is 1.80. The number of piperidine rings is 1. The van der Waals surface area contributed by atoms with Crippen molar-refractivity contribution in [2.45, 2.75) is 24.7 Å². The molecule has 0 aromatic rings. The molecule has 0 radical (unpaired) electrons. The maximum Gasteiger partial charge on any atom is 0.193 e. The van der Waals surface area contributed by atoms with Gasteiger partial charge in [0.2, 0.25) is 0 Å². The van der Waals surface area contributed by atoms with Gasteiger partial charge < -0.3 is 14.8 Å². The van der Waals surface area contributed by atoms with E-state index in [0.717, 1.165) is 32.2 Å². The minimum atomic E-state index is -0.315. The van der Waals surface area contributed by atoms with Gasteiger partial charge >= 0.3 is 0 Å². The van der Waals surface area contributed by atoms with E-state index in [9.17, 15) is 0 Å². The third kappa shape index (κ3) is 1.80. The minimum Gasteiger partial charge on any atom is -0.351 e. The number of nitrogens with zero attached hydrogens (tertiary/aromatic N) is 1. The average molecular weight is 200 g/mol. The maximum absolute atomic E-state index is 5.36. The molecule has 0 aromatic heterocycles. The summed E-state index contributed by atoms with van der Waals surface area (Å²) in [5.41, 5.74) is 0. The van der Waals surface area contributed by atoms with Gasteiger partial charge in [-0.1, -0.05) is 0 Å². The third-order valence-electron chi connectivity index (χ3n) is 3.46. The molecule has 2 rings (SSSR count). The van der Waals surface area contributed by atoms with Gasteiger partial charge in [0.1, 0.15) is 0 Å². The van der Waals surface area contributed by atoms with Crippen molar-refractivity contribution in [3.63, 3.8) is 0 Å². The molecular weight excluding hydrogens is 180 g/mol. The number of ether oxygens (including phenoxy) is 2. The highest BCUT2D eigenvalue weighted by molar-refractivity contribution is 4.94. The molecule has 82 valence electrons. The van der Waals surface area contributed by atoms with Crippen molar-refractivity contribution >= 4 is 0 Å². The number of rotatable bonds is 3. The van der Waals surface area contributed by atoms with Gasteiger partial charge in [0.15, 0.2) is 5.79 Å². The summed E-state index contributed by atoms with van der Waals surface area (Å²) in [6.45, 7) is 4.14. The van der Waals surface area contributed by atoms with Gasteiger partial charge in [-0.25, -0.2) is 0 Å². The van der Waals surface area contributed by atoms with E-state index in [0.29, 0.717) is 0 Å². The monoisotopic (exact) mass is 200 g/mol. The summed E-state index contributed by atoms with van der Waals surface area (Å²) in [4.78, 5) is 2.47. The summed E-state index contributed by atoms with van der Waals surface area (Å²) in [7, 11) is 3.45. The van der Waals surface area contributed by atoms with Crippen LogP contribution in [0.25, 0.3) is 0 Å². The van der Waals surface area contributed by atoms with Crippen LogP contribution in [0, 0.1) is 0 Å². The van der Waals surface area contributed by atoms with Crippen molar-refractivity contribution in [3.05, 3.63) is 0 Å². The fraction of sp³-hybridized carbons (Fsp3) is 1.00. The van der Waals surface area contributed by atoms with E-state index in [2.05, 4.69) is 10.2 Å². The van der Waals surface area contributed by atoms with Crippen molar-refractivity contribution in [1.29, 1.82) is 0 Å². The SMILES string of the molecule is COC1(OC)CN(C2CCNCC2)C1. The van der Waals surface area contributed by atoms with Crippen LogP contribution in [0.15, 0.2) is 0 Å². The van der Waals surface area contributed by atoms with E-state index in [1.807, 2.05) is 0 Å². The Morgan fingerprint density at radius 2 is 1.71 bits per heavy atom. The second-order valence-corrected chi connectivity index (χ2v) is 4.21. The number of hydrogen-bond acceptors (Lipinski definition) is 4. The van der Waals surface area contributed by atoms with E-state index >= 15 is 0 Å². The zero-order valence-electron chi connectivity index (χ0n) is 9.08. The van der Waals surface area contributed by atoms with Gasteiger partial charge in [-0.2, -0.15) is 0 Å². The van der Waals surface area contributed by atoms with Crippen molar-refractivity contribution < 1.29 is 9.47 Å². The molecule has 2 aliphatic heterocycles. The maximum atomic E-state index is 5.36. The summed E-state index contributed by atoms with van der Waals surface area (Å²) in [6, 6.07) is 0.731. The highest BCUT2D eigenvalue weighted by atomic mass is 16.7. The summed E-state index contributed by atoms with van der Waals surface area (Å²) < 4.78 is 10.7. The predicted octanol–water partition coefficient (Wildman–Crippen LogP) is 0.0431. The Bertz CT molecular complexity index is 181. The molecule has 0 unspecified atom stereocenters. The molecule has 2 heterocycles. The molecule has 0 amide bonds. The minimum absolute atomic E-state index is 0.315. The van der Waals surface area contributed by atoms with Crippen LogP contribution in [0.2, 0.25) is 0 Å². The summed E-state index contributed by atoms with van der Waals surface area (Å²) in [5.74, 6) is -0.315. The Labute approximate surface area is 85.5 Å². The molecule has 14 heavy (non-hydrogen) atoms. The van der Waals surface area contributed by atoms with Gasteiger partial charge in [0, 0.05) is 20.3 Å². The standard InChI is InChI=1S/C10H20N2O2/c1-13-10(14-2)7-12(8-10)9-3-5-11-6-4-9/h9,11H,3-8H2,1-2H3. The first-order chi connectivity index (χ1) is 6.79. The van der Waals surface area contributed by atoms with Crippen molar-refractivity contribution in [3.8, 4) is 0 Å². The topological polar surface area (TPSA) is 33.7 Å². The first-order valence-electron chi connectivity index (χ1n) is 5.35. The number of likely N-dealkylation sites (tertiary alicyclic amines) is 1. The van der Waals surface area contributed by atoms with Crippen LogP contribution in [-0.4, -0.2) is 57.1 Å². The lowest BCUT2D eigenvalue weighted by Gasteiger charge is -2.51. The lowest BCUT2D eigenvalue weighted by Crippen LogP contribution is -2.67. The van der Waals surface area contributed by atoms with Gasteiger partial charge in [-0.05, 0) is 25.9 Å². The zero-order valence-corrected chi connectivity index (χ0v) is 9.08. The molecule has 0 aromatic carbocycles. The highest BCUT2D eigenvalue weighted by Crippen LogP contribution is 2.29. The summed E-state index contributed by atoms with van der Waals surface area (Å²) in [5, 5.41) is 3.38. The summed E-state index contributed by atoms with van der Waals surface area (Å²) in [6.07, 6.45) is 2.51. The largest absolute Gasteiger partial charge is 0.351 e.